The monoisotopic (exact) mass is 368 g/mol. The van der Waals surface area contributed by atoms with Crippen LogP contribution in [0.5, 0.6) is 0 Å². The Morgan fingerprint density at radius 3 is 2.15 bits per heavy atom. The first-order chi connectivity index (χ1) is 12.4. The first kappa shape index (κ1) is 22.9. The number of likely N-dealkylation sites (N-methyl/N-ethyl adjacent to an activating group) is 1. The van der Waals surface area contributed by atoms with Crippen molar-refractivity contribution in [3.8, 4) is 0 Å². The van der Waals surface area contributed by atoms with Crippen LogP contribution in [-0.4, -0.2) is 97.4 Å². The van der Waals surface area contributed by atoms with Gasteiger partial charge in [-0.15, -0.1) is 0 Å². The normalized spacial score (nSPS) is 22.5. The van der Waals surface area contributed by atoms with E-state index in [1.807, 2.05) is 39.8 Å². The number of hydrogen-bond acceptors (Lipinski definition) is 4. The molecule has 6 nitrogen and oxygen atoms in total. The zero-order valence-electron chi connectivity index (χ0n) is 17.8. The molecule has 0 saturated carbocycles. The lowest BCUT2D eigenvalue weighted by Gasteiger charge is -2.42. The minimum absolute atomic E-state index is 0.184. The van der Waals surface area contributed by atoms with Gasteiger partial charge in [-0.05, 0) is 25.7 Å². The smallest absolute Gasteiger partial charge is 0.236 e. The predicted molar refractivity (Wildman–Crippen MR) is 107 cm³/mol. The second-order valence-electron chi connectivity index (χ2n) is 7.54. The number of amides is 2. The van der Waals surface area contributed by atoms with Gasteiger partial charge in [-0.2, -0.15) is 0 Å². The van der Waals surface area contributed by atoms with E-state index < -0.39 is 0 Å². The van der Waals surface area contributed by atoms with Gasteiger partial charge in [0.15, 0.2) is 0 Å². The van der Waals surface area contributed by atoms with E-state index in [2.05, 4.69) is 16.7 Å². The Balaban J connectivity index is 0.00000163. The summed E-state index contributed by atoms with van der Waals surface area (Å²) >= 11 is 0. The molecule has 26 heavy (non-hydrogen) atoms. The number of rotatable bonds is 5. The third-order valence-electron chi connectivity index (χ3n) is 5.47. The highest BCUT2D eigenvalue weighted by molar-refractivity contribution is 5.77. The lowest BCUT2D eigenvalue weighted by atomic mass is 9.95. The molecule has 2 rings (SSSR count). The largest absolute Gasteiger partial charge is 0.348 e. The van der Waals surface area contributed by atoms with Gasteiger partial charge < -0.3 is 14.7 Å². The van der Waals surface area contributed by atoms with Crippen LogP contribution in [0.25, 0.3) is 0 Å². The Hall–Kier alpha value is -1.14. The van der Waals surface area contributed by atoms with Crippen LogP contribution in [0, 0.1) is 5.92 Å². The highest BCUT2D eigenvalue weighted by Crippen LogP contribution is 2.20. The zero-order chi connectivity index (χ0) is 19.7. The van der Waals surface area contributed by atoms with Gasteiger partial charge in [-0.3, -0.25) is 14.5 Å². The fraction of sp³-hybridized carbons (Fsp3) is 0.900. The summed E-state index contributed by atoms with van der Waals surface area (Å²) in [6.07, 6.45) is 2.87. The van der Waals surface area contributed by atoms with Crippen LogP contribution in [0.4, 0.5) is 0 Å². The van der Waals surface area contributed by atoms with E-state index in [0.717, 1.165) is 52.1 Å². The van der Waals surface area contributed by atoms with Crippen LogP contribution in [0.3, 0.4) is 0 Å². The quantitative estimate of drug-likeness (QED) is 0.742. The second kappa shape index (κ2) is 11.5. The molecule has 0 aromatic carbocycles. The predicted octanol–water partition coefficient (Wildman–Crippen LogP) is 1.76. The van der Waals surface area contributed by atoms with Crippen LogP contribution < -0.4 is 0 Å². The van der Waals surface area contributed by atoms with Gasteiger partial charge in [0.05, 0.1) is 6.54 Å². The highest BCUT2D eigenvalue weighted by atomic mass is 16.2. The van der Waals surface area contributed by atoms with Gasteiger partial charge in [-0.25, -0.2) is 0 Å². The van der Waals surface area contributed by atoms with Crippen molar-refractivity contribution in [1.82, 2.24) is 19.6 Å². The van der Waals surface area contributed by atoms with Crippen molar-refractivity contribution >= 4 is 11.8 Å². The fourth-order valence-electron chi connectivity index (χ4n) is 3.74. The maximum atomic E-state index is 11.9. The number of hydrogen-bond donors (Lipinski definition) is 0. The molecule has 1 atom stereocenters. The molecule has 0 spiro atoms. The molecule has 2 saturated heterocycles. The number of nitrogens with zero attached hydrogens (tertiary/aromatic N) is 4. The van der Waals surface area contributed by atoms with Crippen LogP contribution in [0.15, 0.2) is 0 Å². The molecular weight excluding hydrogens is 328 g/mol. The highest BCUT2D eigenvalue weighted by Gasteiger charge is 2.28. The van der Waals surface area contributed by atoms with Crippen LogP contribution in [0.2, 0.25) is 0 Å². The van der Waals surface area contributed by atoms with E-state index in [9.17, 15) is 9.59 Å². The first-order valence-electron chi connectivity index (χ1n) is 10.3. The lowest BCUT2D eigenvalue weighted by Crippen LogP contribution is -2.55. The number of carbonyl (C=O) groups excluding carboxylic acids is 2. The maximum absolute atomic E-state index is 11.9. The summed E-state index contributed by atoms with van der Waals surface area (Å²) in [7, 11) is 3.64. The average molecular weight is 369 g/mol. The summed E-state index contributed by atoms with van der Waals surface area (Å²) in [5.41, 5.74) is 0. The van der Waals surface area contributed by atoms with Gasteiger partial charge in [0.2, 0.25) is 11.8 Å². The van der Waals surface area contributed by atoms with E-state index in [4.69, 9.17) is 0 Å². The van der Waals surface area contributed by atoms with E-state index in [1.165, 1.54) is 0 Å². The SMILES string of the molecule is CC.CCC(=O)N1CCC(CN2CCN(CC(=O)N(C)C)[C@H](C)C2)CC1. The van der Waals surface area contributed by atoms with Crippen molar-refractivity contribution in [2.45, 2.75) is 53.0 Å². The van der Waals surface area contributed by atoms with Crippen LogP contribution in [-0.2, 0) is 9.59 Å². The molecule has 2 heterocycles. The third-order valence-corrected chi connectivity index (χ3v) is 5.47. The molecule has 2 aliphatic rings. The summed E-state index contributed by atoms with van der Waals surface area (Å²) in [6.45, 7) is 14.7. The van der Waals surface area contributed by atoms with Crippen molar-refractivity contribution in [2.75, 3.05) is 59.9 Å². The number of likely N-dealkylation sites (tertiary alicyclic amines) is 1. The van der Waals surface area contributed by atoms with Gasteiger partial charge >= 0.3 is 0 Å². The Labute approximate surface area is 160 Å². The molecule has 0 radical (unpaired) electrons. The Kier molecular flexibility index (Phi) is 10.2. The molecule has 2 aliphatic heterocycles. The van der Waals surface area contributed by atoms with Crippen molar-refractivity contribution in [3.63, 3.8) is 0 Å². The molecule has 0 bridgehead atoms. The zero-order valence-corrected chi connectivity index (χ0v) is 17.8. The van der Waals surface area contributed by atoms with Gasteiger partial charge in [-0.1, -0.05) is 20.8 Å². The minimum Gasteiger partial charge on any atom is -0.348 e. The Morgan fingerprint density at radius 2 is 1.65 bits per heavy atom. The molecule has 0 unspecified atom stereocenters. The second-order valence-corrected chi connectivity index (χ2v) is 7.54. The Morgan fingerprint density at radius 1 is 1.04 bits per heavy atom. The van der Waals surface area contributed by atoms with Gasteiger partial charge in [0, 0.05) is 65.8 Å². The van der Waals surface area contributed by atoms with Crippen molar-refractivity contribution < 1.29 is 9.59 Å². The molecule has 0 aliphatic carbocycles. The summed E-state index contributed by atoms with van der Waals surface area (Å²) in [6, 6.07) is 0.421. The standard InChI is InChI=1S/C18H34N4O2.C2H6/c1-5-17(23)21-8-6-16(7-9-21)13-20-10-11-22(15(2)12-20)14-18(24)19(3)4;1-2/h15-16H,5-14H2,1-4H3;1-2H3/t15-;/m1./s1. The van der Waals surface area contributed by atoms with E-state index in [1.54, 1.807) is 4.90 Å². The number of carbonyl (C=O) groups is 2. The van der Waals surface area contributed by atoms with E-state index in [0.29, 0.717) is 30.8 Å². The Bertz CT molecular complexity index is 434. The van der Waals surface area contributed by atoms with Gasteiger partial charge in [0.1, 0.15) is 0 Å². The topological polar surface area (TPSA) is 47.1 Å². The minimum atomic E-state index is 0.184. The van der Waals surface area contributed by atoms with Gasteiger partial charge in [0.25, 0.3) is 0 Å². The summed E-state index contributed by atoms with van der Waals surface area (Å²) in [5, 5.41) is 0. The molecule has 152 valence electrons. The summed E-state index contributed by atoms with van der Waals surface area (Å²) in [4.78, 5) is 32.2. The van der Waals surface area contributed by atoms with Crippen LogP contribution in [0.1, 0.15) is 47.0 Å². The third kappa shape index (κ3) is 6.88. The molecule has 0 N–H and O–H groups in total. The molecular formula is C20H40N4O2. The molecule has 2 fully saturated rings. The molecule has 2 amide bonds. The van der Waals surface area contributed by atoms with Crippen LogP contribution >= 0.6 is 0 Å². The van der Waals surface area contributed by atoms with Crippen molar-refractivity contribution in [3.05, 3.63) is 0 Å². The summed E-state index contributed by atoms with van der Waals surface area (Å²) in [5.74, 6) is 1.18. The molecule has 0 aromatic rings. The molecule has 6 heteroatoms. The lowest BCUT2D eigenvalue weighted by molar-refractivity contribution is -0.133. The summed E-state index contributed by atoms with van der Waals surface area (Å²) < 4.78 is 0. The average Bonchev–Trinajstić information content (AvgIpc) is 2.65. The van der Waals surface area contributed by atoms with E-state index >= 15 is 0 Å². The maximum Gasteiger partial charge on any atom is 0.236 e. The first-order valence-corrected chi connectivity index (χ1v) is 10.3. The fourth-order valence-corrected chi connectivity index (χ4v) is 3.74. The van der Waals surface area contributed by atoms with Crippen molar-refractivity contribution in [2.24, 2.45) is 5.92 Å². The number of piperidine rings is 1. The molecule has 0 aromatic heterocycles. The van der Waals surface area contributed by atoms with E-state index in [-0.39, 0.29) is 5.91 Å². The number of piperazine rings is 1. The van der Waals surface area contributed by atoms with Crippen molar-refractivity contribution in [1.29, 1.82) is 0 Å².